The van der Waals surface area contributed by atoms with Gasteiger partial charge in [-0.15, -0.1) is 0 Å². The second-order valence-corrected chi connectivity index (χ2v) is 7.27. The summed E-state index contributed by atoms with van der Waals surface area (Å²) in [5.74, 6) is -0.0712. The van der Waals surface area contributed by atoms with Crippen molar-refractivity contribution in [1.29, 1.82) is 0 Å². The molecule has 5 heteroatoms. The molecule has 1 aromatic carbocycles. The Labute approximate surface area is 136 Å². The molecule has 1 saturated heterocycles. The van der Waals surface area contributed by atoms with Gasteiger partial charge >= 0.3 is 0 Å². The molecule has 1 aromatic rings. The van der Waals surface area contributed by atoms with Crippen LogP contribution >= 0.6 is 23.2 Å². The first-order valence-electron chi connectivity index (χ1n) is 7.43. The number of benzene rings is 1. The molecular weight excluding hydrogens is 310 g/mol. The van der Waals surface area contributed by atoms with Crippen LogP contribution in [0.3, 0.4) is 0 Å². The first-order chi connectivity index (χ1) is 9.77. The molecular formula is C16H23Cl2FN2. The molecule has 0 bridgehead atoms. The second kappa shape index (κ2) is 6.31. The molecule has 1 aliphatic heterocycles. The molecule has 1 N–H and O–H groups in total. The topological polar surface area (TPSA) is 15.3 Å². The number of halogens is 3. The minimum absolute atomic E-state index is 0.0404. The van der Waals surface area contributed by atoms with Crippen molar-refractivity contribution in [2.24, 2.45) is 5.92 Å². The molecule has 0 spiro atoms. The SMILES string of the molecule is CCC1(C)CN(c2cc(Cl)c(F)c(Cl)c2)C(C(C)C)CN1. The molecule has 1 heterocycles. The van der Waals surface area contributed by atoms with Gasteiger partial charge in [0.15, 0.2) is 5.82 Å². The Kier molecular flexibility index (Phi) is 5.07. The molecule has 1 aliphatic rings. The van der Waals surface area contributed by atoms with Crippen molar-refractivity contribution >= 4 is 28.9 Å². The largest absolute Gasteiger partial charge is 0.365 e. The summed E-state index contributed by atoms with van der Waals surface area (Å²) in [6.07, 6.45) is 1.02. The van der Waals surface area contributed by atoms with Crippen LogP contribution in [-0.2, 0) is 0 Å². The van der Waals surface area contributed by atoms with Gasteiger partial charge in [0.2, 0.25) is 0 Å². The molecule has 2 rings (SSSR count). The van der Waals surface area contributed by atoms with Crippen LogP contribution in [-0.4, -0.2) is 24.7 Å². The van der Waals surface area contributed by atoms with E-state index < -0.39 is 5.82 Å². The van der Waals surface area contributed by atoms with E-state index >= 15 is 0 Å². The van der Waals surface area contributed by atoms with Gasteiger partial charge < -0.3 is 10.2 Å². The maximum Gasteiger partial charge on any atom is 0.160 e. The van der Waals surface area contributed by atoms with Crippen LogP contribution in [0.4, 0.5) is 10.1 Å². The maximum absolute atomic E-state index is 13.7. The number of anilines is 1. The lowest BCUT2D eigenvalue weighted by molar-refractivity contribution is 0.253. The van der Waals surface area contributed by atoms with Gasteiger partial charge in [0.05, 0.1) is 10.0 Å². The molecule has 0 amide bonds. The van der Waals surface area contributed by atoms with Crippen molar-refractivity contribution < 1.29 is 4.39 Å². The standard InChI is InChI=1S/C16H23Cl2FN2/c1-5-16(4)9-21(14(8-20-16)10(2)3)11-6-12(17)15(19)13(18)7-11/h6-7,10,14,20H,5,8-9H2,1-4H3. The van der Waals surface area contributed by atoms with Crippen LogP contribution in [0.15, 0.2) is 12.1 Å². The van der Waals surface area contributed by atoms with Crippen molar-refractivity contribution in [3.63, 3.8) is 0 Å². The second-order valence-electron chi connectivity index (χ2n) is 6.46. The molecule has 0 radical (unpaired) electrons. The molecule has 2 unspecified atom stereocenters. The average Bonchev–Trinajstić information content (AvgIpc) is 2.43. The summed E-state index contributed by atoms with van der Waals surface area (Å²) < 4.78 is 13.7. The number of hydrogen-bond acceptors (Lipinski definition) is 2. The maximum atomic E-state index is 13.7. The lowest BCUT2D eigenvalue weighted by Crippen LogP contribution is -2.64. The summed E-state index contributed by atoms with van der Waals surface area (Å²) >= 11 is 11.9. The Morgan fingerprint density at radius 2 is 1.95 bits per heavy atom. The molecule has 2 nitrogen and oxygen atoms in total. The lowest BCUT2D eigenvalue weighted by Gasteiger charge is -2.48. The monoisotopic (exact) mass is 332 g/mol. The van der Waals surface area contributed by atoms with E-state index in [0.717, 1.165) is 25.2 Å². The number of nitrogens with one attached hydrogen (secondary N) is 1. The van der Waals surface area contributed by atoms with Crippen LogP contribution in [0, 0.1) is 11.7 Å². The van der Waals surface area contributed by atoms with E-state index in [-0.39, 0.29) is 15.6 Å². The predicted octanol–water partition coefficient (Wildman–Crippen LogP) is 4.74. The first-order valence-corrected chi connectivity index (χ1v) is 8.19. The Hall–Kier alpha value is -0.510. The van der Waals surface area contributed by atoms with Gasteiger partial charge in [-0.2, -0.15) is 0 Å². The summed E-state index contributed by atoms with van der Waals surface area (Å²) in [6.45, 7) is 10.5. The van der Waals surface area contributed by atoms with Crippen molar-refractivity contribution in [2.75, 3.05) is 18.0 Å². The fourth-order valence-electron chi connectivity index (χ4n) is 2.83. The third kappa shape index (κ3) is 3.46. The van der Waals surface area contributed by atoms with Crippen molar-refractivity contribution in [3.8, 4) is 0 Å². The molecule has 118 valence electrons. The minimum atomic E-state index is -0.545. The van der Waals surface area contributed by atoms with Gasteiger partial charge in [0.1, 0.15) is 0 Å². The van der Waals surface area contributed by atoms with E-state index in [9.17, 15) is 4.39 Å². The van der Waals surface area contributed by atoms with E-state index in [4.69, 9.17) is 23.2 Å². The van der Waals surface area contributed by atoms with Crippen LogP contribution in [0.25, 0.3) is 0 Å². The average molecular weight is 333 g/mol. The number of rotatable bonds is 3. The van der Waals surface area contributed by atoms with Gasteiger partial charge in [-0.3, -0.25) is 0 Å². The molecule has 21 heavy (non-hydrogen) atoms. The molecule has 0 aliphatic carbocycles. The summed E-state index contributed by atoms with van der Waals surface area (Å²) in [5, 5.41) is 3.80. The number of nitrogens with zero attached hydrogens (tertiary/aromatic N) is 1. The zero-order valence-corrected chi connectivity index (χ0v) is 14.5. The van der Waals surface area contributed by atoms with E-state index in [2.05, 4.69) is 37.9 Å². The van der Waals surface area contributed by atoms with E-state index in [1.165, 1.54) is 0 Å². The van der Waals surface area contributed by atoms with Gasteiger partial charge in [-0.05, 0) is 31.4 Å². The van der Waals surface area contributed by atoms with Gasteiger partial charge in [-0.1, -0.05) is 44.0 Å². The Balaban J connectivity index is 2.40. The Bertz CT molecular complexity index is 498. The first kappa shape index (κ1) is 16.9. The quantitative estimate of drug-likeness (QED) is 0.804. The highest BCUT2D eigenvalue weighted by atomic mass is 35.5. The van der Waals surface area contributed by atoms with E-state index in [1.807, 2.05) is 0 Å². The Morgan fingerprint density at radius 1 is 1.38 bits per heavy atom. The summed E-state index contributed by atoms with van der Waals surface area (Å²) in [6, 6.07) is 3.70. The smallest absolute Gasteiger partial charge is 0.160 e. The predicted molar refractivity (Wildman–Crippen MR) is 89.1 cm³/mol. The molecule has 0 aromatic heterocycles. The van der Waals surface area contributed by atoms with Crippen molar-refractivity contribution in [3.05, 3.63) is 28.0 Å². The zero-order chi connectivity index (χ0) is 15.8. The third-order valence-electron chi connectivity index (χ3n) is 4.51. The van der Waals surface area contributed by atoms with Crippen molar-refractivity contribution in [1.82, 2.24) is 5.32 Å². The zero-order valence-electron chi connectivity index (χ0n) is 13.0. The van der Waals surface area contributed by atoms with Gasteiger partial charge in [0, 0.05) is 30.4 Å². The van der Waals surface area contributed by atoms with E-state index in [0.29, 0.717) is 12.0 Å². The fraction of sp³-hybridized carbons (Fsp3) is 0.625. The summed E-state index contributed by atoms with van der Waals surface area (Å²) in [5.41, 5.74) is 0.935. The van der Waals surface area contributed by atoms with E-state index in [1.54, 1.807) is 12.1 Å². The van der Waals surface area contributed by atoms with Crippen LogP contribution in [0.2, 0.25) is 10.0 Å². The minimum Gasteiger partial charge on any atom is -0.365 e. The van der Waals surface area contributed by atoms with Gasteiger partial charge in [-0.25, -0.2) is 4.39 Å². The van der Waals surface area contributed by atoms with Crippen LogP contribution in [0.1, 0.15) is 34.1 Å². The number of hydrogen-bond donors (Lipinski definition) is 1. The molecule has 2 atom stereocenters. The van der Waals surface area contributed by atoms with Gasteiger partial charge in [0.25, 0.3) is 0 Å². The Morgan fingerprint density at radius 3 is 2.43 bits per heavy atom. The van der Waals surface area contributed by atoms with Crippen LogP contribution in [0.5, 0.6) is 0 Å². The lowest BCUT2D eigenvalue weighted by atomic mass is 9.89. The van der Waals surface area contributed by atoms with Crippen LogP contribution < -0.4 is 10.2 Å². The molecule has 1 fully saturated rings. The fourth-order valence-corrected chi connectivity index (χ4v) is 3.31. The highest BCUT2D eigenvalue weighted by molar-refractivity contribution is 6.35. The van der Waals surface area contributed by atoms with Crippen molar-refractivity contribution in [2.45, 2.75) is 45.7 Å². The third-order valence-corrected chi connectivity index (χ3v) is 5.06. The number of piperazine rings is 1. The normalized spacial score (nSPS) is 26.5. The summed E-state index contributed by atoms with van der Waals surface area (Å²) in [4.78, 5) is 2.31. The highest BCUT2D eigenvalue weighted by Crippen LogP contribution is 2.34. The molecule has 0 saturated carbocycles. The summed E-state index contributed by atoms with van der Waals surface area (Å²) in [7, 11) is 0. The highest BCUT2D eigenvalue weighted by Gasteiger charge is 2.36.